The zero-order valence-electron chi connectivity index (χ0n) is 19.6. The first kappa shape index (κ1) is 24.7. The van der Waals surface area contributed by atoms with Gasteiger partial charge in [-0.05, 0) is 61.0 Å². The SMILES string of the molecule is Cc1cccc(N2CCN(CCNC(=O)c3ccc(S(=O)(=O)Nc4ccccc4F)cc3)CC2)c1. The molecule has 1 saturated heterocycles. The summed E-state index contributed by atoms with van der Waals surface area (Å²) in [5.41, 5.74) is 2.72. The first-order chi connectivity index (χ1) is 16.8. The summed E-state index contributed by atoms with van der Waals surface area (Å²) < 4.78 is 41.1. The molecule has 0 atom stereocenters. The number of hydrogen-bond acceptors (Lipinski definition) is 5. The van der Waals surface area contributed by atoms with E-state index in [4.69, 9.17) is 0 Å². The minimum Gasteiger partial charge on any atom is -0.369 e. The number of nitrogens with one attached hydrogen (secondary N) is 2. The number of rotatable bonds is 8. The molecule has 1 heterocycles. The van der Waals surface area contributed by atoms with Gasteiger partial charge in [0.1, 0.15) is 5.82 Å². The van der Waals surface area contributed by atoms with Crippen molar-refractivity contribution in [2.45, 2.75) is 11.8 Å². The van der Waals surface area contributed by atoms with Gasteiger partial charge in [0.15, 0.2) is 0 Å². The summed E-state index contributed by atoms with van der Waals surface area (Å²) in [6.45, 7) is 7.06. The summed E-state index contributed by atoms with van der Waals surface area (Å²) in [4.78, 5) is 17.1. The second kappa shape index (κ2) is 10.9. The minimum absolute atomic E-state index is 0.0521. The number of sulfonamides is 1. The molecule has 35 heavy (non-hydrogen) atoms. The summed E-state index contributed by atoms with van der Waals surface area (Å²) in [5.74, 6) is -0.932. The predicted molar refractivity (Wildman–Crippen MR) is 136 cm³/mol. The molecule has 1 amide bonds. The molecule has 1 aliphatic rings. The molecular weight excluding hydrogens is 467 g/mol. The molecule has 2 N–H and O–H groups in total. The molecular formula is C26H29FN4O3S. The van der Waals surface area contributed by atoms with Crippen LogP contribution in [0, 0.1) is 12.7 Å². The second-order valence-electron chi connectivity index (χ2n) is 8.53. The Balaban J connectivity index is 1.24. The van der Waals surface area contributed by atoms with Crippen molar-refractivity contribution in [2.75, 3.05) is 48.9 Å². The van der Waals surface area contributed by atoms with E-state index in [0.717, 1.165) is 32.7 Å². The predicted octanol–water partition coefficient (Wildman–Crippen LogP) is 3.49. The molecule has 0 bridgehead atoms. The van der Waals surface area contributed by atoms with Crippen molar-refractivity contribution >= 4 is 27.3 Å². The number of halogens is 1. The molecule has 184 valence electrons. The van der Waals surface area contributed by atoms with Gasteiger partial charge in [-0.25, -0.2) is 12.8 Å². The maximum absolute atomic E-state index is 13.8. The fourth-order valence-corrected chi connectivity index (χ4v) is 5.08. The van der Waals surface area contributed by atoms with E-state index in [0.29, 0.717) is 12.1 Å². The number of anilines is 2. The monoisotopic (exact) mass is 496 g/mol. The molecule has 3 aromatic carbocycles. The lowest BCUT2D eigenvalue weighted by molar-refractivity contribution is 0.0947. The highest BCUT2D eigenvalue weighted by Crippen LogP contribution is 2.20. The van der Waals surface area contributed by atoms with Crippen molar-refractivity contribution in [1.82, 2.24) is 10.2 Å². The second-order valence-corrected chi connectivity index (χ2v) is 10.2. The molecule has 1 fully saturated rings. The number of piperazine rings is 1. The summed E-state index contributed by atoms with van der Waals surface area (Å²) in [7, 11) is -3.97. The van der Waals surface area contributed by atoms with E-state index in [9.17, 15) is 17.6 Å². The van der Waals surface area contributed by atoms with Gasteiger partial charge in [-0.2, -0.15) is 0 Å². The van der Waals surface area contributed by atoms with Crippen molar-refractivity contribution in [2.24, 2.45) is 0 Å². The van der Waals surface area contributed by atoms with Crippen LogP contribution >= 0.6 is 0 Å². The maximum atomic E-state index is 13.8. The molecule has 3 aromatic rings. The summed E-state index contributed by atoms with van der Waals surface area (Å²) in [6, 6.07) is 19.6. The Kier molecular flexibility index (Phi) is 7.67. The lowest BCUT2D eigenvalue weighted by Gasteiger charge is -2.36. The van der Waals surface area contributed by atoms with Crippen LogP contribution in [0.5, 0.6) is 0 Å². The van der Waals surface area contributed by atoms with Crippen molar-refractivity contribution in [3.63, 3.8) is 0 Å². The highest BCUT2D eigenvalue weighted by molar-refractivity contribution is 7.92. The number of benzene rings is 3. The van der Waals surface area contributed by atoms with Crippen molar-refractivity contribution in [3.05, 3.63) is 89.7 Å². The van der Waals surface area contributed by atoms with Crippen LogP contribution in [0.15, 0.2) is 77.7 Å². The van der Waals surface area contributed by atoms with E-state index in [1.54, 1.807) is 6.07 Å². The smallest absolute Gasteiger partial charge is 0.261 e. The van der Waals surface area contributed by atoms with Crippen LogP contribution in [0.2, 0.25) is 0 Å². The molecule has 0 aromatic heterocycles. The van der Waals surface area contributed by atoms with Crippen LogP contribution in [0.3, 0.4) is 0 Å². The minimum atomic E-state index is -3.97. The maximum Gasteiger partial charge on any atom is 0.261 e. The number of carbonyl (C=O) groups is 1. The summed E-state index contributed by atoms with van der Waals surface area (Å²) in [6.07, 6.45) is 0. The van der Waals surface area contributed by atoms with Crippen LogP contribution in [0.1, 0.15) is 15.9 Å². The van der Waals surface area contributed by atoms with Crippen molar-refractivity contribution in [3.8, 4) is 0 Å². The topological polar surface area (TPSA) is 81.8 Å². The van der Waals surface area contributed by atoms with Crippen LogP contribution in [0.4, 0.5) is 15.8 Å². The molecule has 0 radical (unpaired) electrons. The highest BCUT2D eigenvalue weighted by atomic mass is 32.2. The molecule has 0 spiro atoms. The molecule has 0 unspecified atom stereocenters. The Morgan fingerprint density at radius 2 is 1.66 bits per heavy atom. The van der Waals surface area contributed by atoms with Gasteiger partial charge < -0.3 is 10.2 Å². The molecule has 7 nitrogen and oxygen atoms in total. The third-order valence-electron chi connectivity index (χ3n) is 6.00. The largest absolute Gasteiger partial charge is 0.369 e. The van der Waals surface area contributed by atoms with E-state index in [1.807, 2.05) is 0 Å². The van der Waals surface area contributed by atoms with E-state index >= 15 is 0 Å². The third kappa shape index (κ3) is 6.37. The molecule has 0 aliphatic carbocycles. The normalized spacial score (nSPS) is 14.5. The van der Waals surface area contributed by atoms with Crippen LogP contribution in [0.25, 0.3) is 0 Å². The lowest BCUT2D eigenvalue weighted by Crippen LogP contribution is -2.48. The number of aryl methyl sites for hydroxylation is 1. The van der Waals surface area contributed by atoms with Crippen LogP contribution < -0.4 is 14.9 Å². The van der Waals surface area contributed by atoms with Gasteiger partial charge in [-0.15, -0.1) is 0 Å². The number of hydrogen-bond donors (Lipinski definition) is 2. The molecule has 0 saturated carbocycles. The van der Waals surface area contributed by atoms with Gasteiger partial charge in [0, 0.05) is 50.5 Å². The fourth-order valence-electron chi connectivity index (χ4n) is 4.02. The number of amides is 1. The van der Waals surface area contributed by atoms with Gasteiger partial charge >= 0.3 is 0 Å². The highest BCUT2D eigenvalue weighted by Gasteiger charge is 2.19. The Hall–Kier alpha value is -3.43. The number of para-hydroxylation sites is 1. The first-order valence-electron chi connectivity index (χ1n) is 11.5. The quantitative estimate of drug-likeness (QED) is 0.499. The number of carbonyl (C=O) groups excluding carboxylic acids is 1. The average molecular weight is 497 g/mol. The zero-order chi connectivity index (χ0) is 24.8. The van der Waals surface area contributed by atoms with Crippen molar-refractivity contribution < 1.29 is 17.6 Å². The zero-order valence-corrected chi connectivity index (χ0v) is 20.4. The van der Waals surface area contributed by atoms with Gasteiger partial charge in [0.05, 0.1) is 10.6 Å². The Bertz CT molecular complexity index is 1270. The summed E-state index contributed by atoms with van der Waals surface area (Å²) >= 11 is 0. The molecule has 9 heteroatoms. The van der Waals surface area contributed by atoms with Crippen LogP contribution in [-0.2, 0) is 10.0 Å². The Morgan fingerprint density at radius 3 is 2.34 bits per heavy atom. The van der Waals surface area contributed by atoms with Crippen molar-refractivity contribution in [1.29, 1.82) is 0 Å². The number of nitrogens with zero attached hydrogens (tertiary/aromatic N) is 2. The van der Waals surface area contributed by atoms with E-state index < -0.39 is 15.8 Å². The Morgan fingerprint density at radius 1 is 0.943 bits per heavy atom. The van der Waals surface area contributed by atoms with Gasteiger partial charge in [0.25, 0.3) is 15.9 Å². The van der Waals surface area contributed by atoms with Gasteiger partial charge in [-0.3, -0.25) is 14.4 Å². The lowest BCUT2D eigenvalue weighted by atomic mass is 10.2. The van der Waals surface area contributed by atoms with E-state index in [1.165, 1.54) is 53.7 Å². The van der Waals surface area contributed by atoms with E-state index in [-0.39, 0.29) is 16.5 Å². The Labute approximate surface area is 205 Å². The van der Waals surface area contributed by atoms with Crippen LogP contribution in [-0.4, -0.2) is 58.5 Å². The third-order valence-corrected chi connectivity index (χ3v) is 7.38. The standard InChI is InChI=1S/C26H29FN4O3S/c1-20-5-4-6-22(19-20)31-17-15-30(16-18-31)14-13-28-26(32)21-9-11-23(12-10-21)35(33,34)29-25-8-3-2-7-24(25)27/h2-12,19,29H,13-18H2,1H3,(H,28,32). The fraction of sp³-hybridized carbons (Fsp3) is 0.269. The molecule has 4 rings (SSSR count). The molecule has 1 aliphatic heterocycles. The van der Waals surface area contributed by atoms with Gasteiger partial charge in [0.2, 0.25) is 0 Å². The van der Waals surface area contributed by atoms with Gasteiger partial charge in [-0.1, -0.05) is 24.3 Å². The summed E-state index contributed by atoms with van der Waals surface area (Å²) in [5, 5.41) is 2.89. The van der Waals surface area contributed by atoms with E-state index in [2.05, 4.69) is 51.0 Å². The first-order valence-corrected chi connectivity index (χ1v) is 13.0. The average Bonchev–Trinajstić information content (AvgIpc) is 2.86.